The van der Waals surface area contributed by atoms with Crippen molar-refractivity contribution in [1.29, 1.82) is 0 Å². The fraction of sp³-hybridized carbons (Fsp3) is 0.0769. The van der Waals surface area contributed by atoms with Crippen LogP contribution in [0.2, 0.25) is 5.02 Å². The topological polar surface area (TPSA) is 66.8 Å². The van der Waals surface area contributed by atoms with Crippen LogP contribution in [-0.2, 0) is 4.79 Å². The highest BCUT2D eigenvalue weighted by molar-refractivity contribution is 6.34. The van der Waals surface area contributed by atoms with E-state index in [-0.39, 0.29) is 16.5 Å². The zero-order chi connectivity index (χ0) is 22.7. The van der Waals surface area contributed by atoms with Gasteiger partial charge in [-0.3, -0.25) is 9.69 Å². The summed E-state index contributed by atoms with van der Waals surface area (Å²) in [5.41, 5.74) is 3.20. The summed E-state index contributed by atoms with van der Waals surface area (Å²) >= 11 is 6.04. The quantitative estimate of drug-likeness (QED) is 0.479. The van der Waals surface area contributed by atoms with Gasteiger partial charge < -0.3 is 9.84 Å². The minimum Gasteiger partial charge on any atom is -0.494 e. The maximum atomic E-state index is 13.4. The molecule has 160 valence electrons. The first-order valence-corrected chi connectivity index (χ1v) is 10.4. The van der Waals surface area contributed by atoms with Crippen LogP contribution in [0.3, 0.4) is 0 Å². The molecule has 0 atom stereocenters. The molecule has 0 spiro atoms. The highest BCUT2D eigenvalue weighted by atomic mass is 35.5. The fourth-order valence-corrected chi connectivity index (χ4v) is 3.71. The van der Waals surface area contributed by atoms with Crippen LogP contribution < -0.4 is 9.64 Å². The van der Waals surface area contributed by atoms with Gasteiger partial charge in [0.2, 0.25) is 0 Å². The molecule has 0 unspecified atom stereocenters. The number of carbonyl (C=O) groups is 2. The lowest BCUT2D eigenvalue weighted by atomic mass is 10.1. The minimum atomic E-state index is -1.15. The number of ether oxygens (including phenoxy) is 1. The van der Waals surface area contributed by atoms with E-state index < -0.39 is 5.97 Å². The van der Waals surface area contributed by atoms with Crippen LogP contribution in [0.5, 0.6) is 5.75 Å². The smallest absolute Gasteiger partial charge is 0.337 e. The Kier molecular flexibility index (Phi) is 6.10. The van der Waals surface area contributed by atoms with Crippen molar-refractivity contribution >= 4 is 40.9 Å². The zero-order valence-electron chi connectivity index (χ0n) is 17.3. The van der Waals surface area contributed by atoms with Gasteiger partial charge in [-0.05, 0) is 60.5 Å². The first-order valence-electron chi connectivity index (χ1n) is 10.1. The Morgan fingerprint density at radius 2 is 1.78 bits per heavy atom. The Bertz CT molecular complexity index is 1230. The van der Waals surface area contributed by atoms with Gasteiger partial charge in [0.15, 0.2) is 0 Å². The fourth-order valence-electron chi connectivity index (χ4n) is 3.52. The van der Waals surface area contributed by atoms with Crippen molar-refractivity contribution in [1.82, 2.24) is 0 Å². The largest absolute Gasteiger partial charge is 0.494 e. The summed E-state index contributed by atoms with van der Waals surface area (Å²) in [5.74, 6) is -0.646. The number of anilines is 1. The molecule has 0 radical (unpaired) electrons. The number of carbonyl (C=O) groups excluding carboxylic acids is 1. The molecule has 4 rings (SSSR count). The summed E-state index contributed by atoms with van der Waals surface area (Å²) < 4.78 is 5.48. The molecule has 0 bridgehead atoms. The zero-order valence-corrected chi connectivity index (χ0v) is 18.0. The molecule has 1 aliphatic heterocycles. The third-order valence-electron chi connectivity index (χ3n) is 5.00. The Balaban J connectivity index is 1.78. The number of hydrogen-bond donors (Lipinski definition) is 1. The molecule has 1 N–H and O–H groups in total. The molecule has 0 saturated heterocycles. The average molecular weight is 446 g/mol. The molecule has 0 aromatic heterocycles. The Morgan fingerprint density at radius 3 is 2.44 bits per heavy atom. The van der Waals surface area contributed by atoms with Crippen molar-refractivity contribution in [2.75, 3.05) is 11.5 Å². The second-order valence-electron chi connectivity index (χ2n) is 7.11. The molecule has 1 amide bonds. The number of rotatable bonds is 6. The first-order chi connectivity index (χ1) is 15.5. The van der Waals surface area contributed by atoms with Gasteiger partial charge in [-0.1, -0.05) is 54.1 Å². The van der Waals surface area contributed by atoms with Crippen molar-refractivity contribution in [2.45, 2.75) is 6.92 Å². The first kappa shape index (κ1) is 21.4. The lowest BCUT2D eigenvalue weighted by molar-refractivity contribution is -0.113. The van der Waals surface area contributed by atoms with Crippen LogP contribution >= 0.6 is 11.6 Å². The van der Waals surface area contributed by atoms with Gasteiger partial charge in [0.05, 0.1) is 28.6 Å². The van der Waals surface area contributed by atoms with Crippen LogP contribution in [0.1, 0.15) is 28.4 Å². The van der Waals surface area contributed by atoms with Gasteiger partial charge in [-0.25, -0.2) is 4.79 Å². The number of amides is 1. The second-order valence-corrected chi connectivity index (χ2v) is 7.51. The number of hydrogen-bond acceptors (Lipinski definition) is 3. The van der Waals surface area contributed by atoms with Crippen LogP contribution in [0.4, 0.5) is 5.69 Å². The molecule has 0 aliphatic carbocycles. The summed E-state index contributed by atoms with van der Waals surface area (Å²) in [6, 6.07) is 21.5. The van der Waals surface area contributed by atoms with Gasteiger partial charge in [0, 0.05) is 5.57 Å². The maximum absolute atomic E-state index is 13.4. The molecule has 5 nitrogen and oxygen atoms in total. The highest BCUT2D eigenvalue weighted by Crippen LogP contribution is 2.36. The maximum Gasteiger partial charge on any atom is 0.337 e. The predicted molar refractivity (Wildman–Crippen MR) is 126 cm³/mol. The number of aromatic carboxylic acids is 1. The van der Waals surface area contributed by atoms with Crippen LogP contribution in [0.25, 0.3) is 11.8 Å². The van der Waals surface area contributed by atoms with Crippen LogP contribution in [0.15, 0.2) is 84.4 Å². The molecule has 1 aliphatic rings. The van der Waals surface area contributed by atoms with Crippen LogP contribution in [0, 0.1) is 0 Å². The number of carboxylic acids is 1. The minimum absolute atomic E-state index is 0.0617. The van der Waals surface area contributed by atoms with E-state index in [0.717, 1.165) is 16.9 Å². The van der Waals surface area contributed by atoms with Crippen molar-refractivity contribution in [3.8, 4) is 5.75 Å². The second kappa shape index (κ2) is 9.12. The molecule has 3 aromatic carbocycles. The van der Waals surface area contributed by atoms with E-state index in [4.69, 9.17) is 16.3 Å². The number of halogens is 1. The van der Waals surface area contributed by atoms with Crippen molar-refractivity contribution in [3.63, 3.8) is 0 Å². The van der Waals surface area contributed by atoms with Gasteiger partial charge in [0.25, 0.3) is 5.91 Å². The Hall–Kier alpha value is -3.83. The van der Waals surface area contributed by atoms with Gasteiger partial charge in [0.1, 0.15) is 5.75 Å². The van der Waals surface area contributed by atoms with E-state index in [2.05, 4.69) is 0 Å². The SMILES string of the molecule is CCOc1ccc(/C=C2\C=C(c3ccccc3)N(c3ccc(Cl)c(C(=O)O)c3)C2=O)cc1. The third kappa shape index (κ3) is 4.29. The molecule has 32 heavy (non-hydrogen) atoms. The standard InChI is InChI=1S/C26H20ClNO4/c1-2-32-21-11-8-17(9-12-21)14-19-15-24(18-6-4-3-5-7-18)28(25(19)29)20-10-13-23(27)22(16-20)26(30)31/h3-16H,2H2,1H3,(H,30,31)/b19-14+. The summed E-state index contributed by atoms with van der Waals surface area (Å²) in [7, 11) is 0. The van der Waals surface area contributed by atoms with Crippen molar-refractivity contribution in [3.05, 3.63) is 106 Å². The number of nitrogens with zero attached hydrogens (tertiary/aromatic N) is 1. The highest BCUT2D eigenvalue weighted by Gasteiger charge is 2.31. The summed E-state index contributed by atoms with van der Waals surface area (Å²) in [4.78, 5) is 26.5. The van der Waals surface area contributed by atoms with Crippen molar-refractivity contribution < 1.29 is 19.4 Å². The third-order valence-corrected chi connectivity index (χ3v) is 5.33. The van der Waals surface area contributed by atoms with Crippen LogP contribution in [-0.4, -0.2) is 23.6 Å². The molecule has 0 saturated carbocycles. The Labute approximate surface area is 190 Å². The van der Waals surface area contributed by atoms with E-state index in [1.165, 1.54) is 17.0 Å². The lowest BCUT2D eigenvalue weighted by Crippen LogP contribution is -2.25. The molecular formula is C26H20ClNO4. The summed E-state index contributed by atoms with van der Waals surface area (Å²) in [6.07, 6.45) is 3.61. The predicted octanol–water partition coefficient (Wildman–Crippen LogP) is 5.91. The van der Waals surface area contributed by atoms with E-state index in [1.54, 1.807) is 12.1 Å². The van der Waals surface area contributed by atoms with Gasteiger partial charge >= 0.3 is 5.97 Å². The van der Waals surface area contributed by atoms with E-state index in [0.29, 0.717) is 23.6 Å². The van der Waals surface area contributed by atoms with Gasteiger partial charge in [-0.2, -0.15) is 0 Å². The summed E-state index contributed by atoms with van der Waals surface area (Å²) in [5, 5.41) is 9.58. The van der Waals surface area contributed by atoms with E-state index in [1.807, 2.05) is 67.6 Å². The number of benzene rings is 3. The van der Waals surface area contributed by atoms with Gasteiger partial charge in [-0.15, -0.1) is 0 Å². The normalized spacial score (nSPS) is 14.6. The van der Waals surface area contributed by atoms with E-state index in [9.17, 15) is 14.7 Å². The molecule has 0 fully saturated rings. The number of carboxylic acid groups (broad SMARTS) is 1. The molecule has 3 aromatic rings. The average Bonchev–Trinajstić information content (AvgIpc) is 3.12. The monoisotopic (exact) mass is 445 g/mol. The lowest BCUT2D eigenvalue weighted by Gasteiger charge is -2.21. The molecular weight excluding hydrogens is 426 g/mol. The van der Waals surface area contributed by atoms with E-state index >= 15 is 0 Å². The Morgan fingerprint density at radius 1 is 1.06 bits per heavy atom. The van der Waals surface area contributed by atoms with Crippen molar-refractivity contribution in [2.24, 2.45) is 0 Å². The summed E-state index contributed by atoms with van der Waals surface area (Å²) in [6.45, 7) is 2.50. The molecule has 6 heteroatoms. The molecule has 1 heterocycles.